The van der Waals surface area contributed by atoms with E-state index >= 15 is 0 Å². The van der Waals surface area contributed by atoms with Crippen LogP contribution in [0.2, 0.25) is 0 Å². The minimum atomic E-state index is -0.383. The summed E-state index contributed by atoms with van der Waals surface area (Å²) < 4.78 is 5.90. The first kappa shape index (κ1) is 24.7. The summed E-state index contributed by atoms with van der Waals surface area (Å²) in [6.45, 7) is 9.72. The van der Waals surface area contributed by atoms with Gasteiger partial charge in [0.1, 0.15) is 5.75 Å². The number of aliphatic hydroxyl groups excluding tert-OH is 1. The first-order chi connectivity index (χ1) is 15.9. The van der Waals surface area contributed by atoms with Gasteiger partial charge in [-0.05, 0) is 76.1 Å². The van der Waals surface area contributed by atoms with E-state index < -0.39 is 0 Å². The number of esters is 1. The largest absolute Gasteiger partial charge is 0.423 e. The Labute approximate surface area is 197 Å². The van der Waals surface area contributed by atoms with Crippen molar-refractivity contribution in [3.8, 4) is 5.75 Å². The van der Waals surface area contributed by atoms with E-state index in [1.807, 2.05) is 48.5 Å². The maximum Gasteiger partial charge on any atom is 0.343 e. The summed E-state index contributed by atoms with van der Waals surface area (Å²) in [6.07, 6.45) is 0.866. The molecule has 0 spiro atoms. The predicted octanol–water partition coefficient (Wildman–Crippen LogP) is 6.04. The number of rotatable bonds is 10. The van der Waals surface area contributed by atoms with E-state index in [9.17, 15) is 9.90 Å². The zero-order valence-corrected chi connectivity index (χ0v) is 20.1. The second kappa shape index (κ2) is 11.8. The molecule has 0 heterocycles. The molecule has 1 N–H and O–H groups in total. The Bertz CT molecular complexity index is 1010. The third kappa shape index (κ3) is 6.53. The van der Waals surface area contributed by atoms with Crippen molar-refractivity contribution in [3.63, 3.8) is 0 Å². The molecule has 174 valence electrons. The Kier molecular flexibility index (Phi) is 8.81. The number of benzene rings is 3. The van der Waals surface area contributed by atoms with Gasteiger partial charge in [0.2, 0.25) is 0 Å². The number of hydrogen-bond donors (Lipinski definition) is 1. The highest BCUT2D eigenvalue weighted by molar-refractivity contribution is 5.91. The fourth-order valence-corrected chi connectivity index (χ4v) is 4.37. The molecule has 0 aliphatic carbocycles. The molecule has 4 heteroatoms. The fraction of sp³-hybridized carbons (Fsp3) is 0.345. The van der Waals surface area contributed by atoms with E-state index in [1.54, 1.807) is 18.2 Å². The lowest BCUT2D eigenvalue weighted by Crippen LogP contribution is -2.38. The number of carbonyl (C=O) groups is 1. The van der Waals surface area contributed by atoms with Crippen LogP contribution in [0.15, 0.2) is 78.9 Å². The third-order valence-corrected chi connectivity index (χ3v) is 6.05. The second-order valence-corrected chi connectivity index (χ2v) is 8.96. The standard InChI is InChI=1S/C29H35NO3/c1-21(2)30(22(3)4)18-17-26(24-11-7-5-8-12-24)27-19-23(20-31)15-16-28(27)33-29(32)25-13-9-6-10-14-25/h5-16,19,21-22,26,31H,17-18,20H2,1-4H3. The lowest BCUT2D eigenvalue weighted by molar-refractivity contribution is 0.0732. The molecular weight excluding hydrogens is 410 g/mol. The van der Waals surface area contributed by atoms with E-state index in [0.717, 1.165) is 29.7 Å². The molecular formula is C29H35NO3. The monoisotopic (exact) mass is 445 g/mol. The van der Waals surface area contributed by atoms with Crippen LogP contribution in [0.1, 0.15) is 67.1 Å². The summed E-state index contributed by atoms with van der Waals surface area (Å²) >= 11 is 0. The van der Waals surface area contributed by atoms with Gasteiger partial charge in [0.25, 0.3) is 0 Å². The third-order valence-electron chi connectivity index (χ3n) is 6.05. The topological polar surface area (TPSA) is 49.8 Å². The Balaban J connectivity index is 2.00. The van der Waals surface area contributed by atoms with Gasteiger partial charge in [0.05, 0.1) is 12.2 Å². The highest BCUT2D eigenvalue weighted by Crippen LogP contribution is 2.36. The molecule has 0 fully saturated rings. The van der Waals surface area contributed by atoms with Crippen LogP contribution in [-0.2, 0) is 6.61 Å². The summed E-state index contributed by atoms with van der Waals surface area (Å²) in [5.74, 6) is 0.179. The van der Waals surface area contributed by atoms with E-state index in [-0.39, 0.29) is 18.5 Å². The average molecular weight is 446 g/mol. The van der Waals surface area contributed by atoms with Crippen molar-refractivity contribution in [2.24, 2.45) is 0 Å². The Hall–Kier alpha value is -2.95. The number of carbonyl (C=O) groups excluding carboxylic acids is 1. The molecule has 0 amide bonds. The van der Waals surface area contributed by atoms with Crippen molar-refractivity contribution in [2.75, 3.05) is 6.54 Å². The summed E-state index contributed by atoms with van der Waals surface area (Å²) in [6, 6.07) is 25.8. The van der Waals surface area contributed by atoms with Gasteiger partial charge in [0.15, 0.2) is 0 Å². The van der Waals surface area contributed by atoms with Crippen molar-refractivity contribution in [3.05, 3.63) is 101 Å². The number of hydrogen-bond acceptors (Lipinski definition) is 4. The highest BCUT2D eigenvalue weighted by Gasteiger charge is 2.23. The molecule has 3 aromatic carbocycles. The quantitative estimate of drug-likeness (QED) is 0.305. The van der Waals surface area contributed by atoms with E-state index in [1.165, 1.54) is 0 Å². The van der Waals surface area contributed by atoms with Crippen LogP contribution < -0.4 is 4.74 Å². The molecule has 0 aliphatic rings. The van der Waals surface area contributed by atoms with E-state index in [4.69, 9.17) is 4.74 Å². The predicted molar refractivity (Wildman–Crippen MR) is 134 cm³/mol. The summed E-state index contributed by atoms with van der Waals surface area (Å²) in [4.78, 5) is 15.3. The summed E-state index contributed by atoms with van der Waals surface area (Å²) in [5.41, 5.74) is 3.40. The SMILES string of the molecule is CC(C)N(CCC(c1ccccc1)c1cc(CO)ccc1OC(=O)c1ccccc1)C(C)C. The molecule has 3 aromatic rings. The molecule has 33 heavy (non-hydrogen) atoms. The molecule has 0 radical (unpaired) electrons. The minimum absolute atomic E-state index is 0.0243. The van der Waals surface area contributed by atoms with Crippen LogP contribution in [0.25, 0.3) is 0 Å². The molecule has 4 nitrogen and oxygen atoms in total. The van der Waals surface area contributed by atoms with E-state index in [2.05, 4.69) is 44.7 Å². The van der Waals surface area contributed by atoms with Crippen LogP contribution in [0.4, 0.5) is 0 Å². The van der Waals surface area contributed by atoms with Gasteiger partial charge in [-0.15, -0.1) is 0 Å². The Morgan fingerprint density at radius 1 is 0.879 bits per heavy atom. The van der Waals surface area contributed by atoms with Gasteiger partial charge in [-0.1, -0.05) is 54.6 Å². The first-order valence-electron chi connectivity index (χ1n) is 11.7. The smallest absolute Gasteiger partial charge is 0.343 e. The van der Waals surface area contributed by atoms with Gasteiger partial charge in [-0.3, -0.25) is 4.90 Å². The maximum atomic E-state index is 12.8. The average Bonchev–Trinajstić information content (AvgIpc) is 2.83. The number of nitrogens with zero attached hydrogens (tertiary/aromatic N) is 1. The van der Waals surface area contributed by atoms with Gasteiger partial charge in [0, 0.05) is 23.6 Å². The zero-order chi connectivity index (χ0) is 23.8. The van der Waals surface area contributed by atoms with Gasteiger partial charge < -0.3 is 9.84 Å². The van der Waals surface area contributed by atoms with Crippen molar-refractivity contribution in [2.45, 2.75) is 58.7 Å². The van der Waals surface area contributed by atoms with Crippen molar-refractivity contribution in [1.82, 2.24) is 4.90 Å². The van der Waals surface area contributed by atoms with Crippen molar-refractivity contribution < 1.29 is 14.6 Å². The Morgan fingerprint density at radius 2 is 1.48 bits per heavy atom. The molecule has 0 saturated carbocycles. The van der Waals surface area contributed by atoms with Crippen LogP contribution in [0.5, 0.6) is 5.75 Å². The molecule has 0 aromatic heterocycles. The molecule has 1 atom stereocenters. The number of ether oxygens (including phenoxy) is 1. The van der Waals surface area contributed by atoms with E-state index in [0.29, 0.717) is 23.4 Å². The van der Waals surface area contributed by atoms with Crippen LogP contribution >= 0.6 is 0 Å². The Morgan fingerprint density at radius 3 is 2.06 bits per heavy atom. The second-order valence-electron chi connectivity index (χ2n) is 8.96. The van der Waals surface area contributed by atoms with Crippen molar-refractivity contribution >= 4 is 5.97 Å². The molecule has 0 aliphatic heterocycles. The van der Waals surface area contributed by atoms with Gasteiger partial charge in [-0.25, -0.2) is 4.79 Å². The van der Waals surface area contributed by atoms with Gasteiger partial charge >= 0.3 is 5.97 Å². The first-order valence-corrected chi connectivity index (χ1v) is 11.7. The minimum Gasteiger partial charge on any atom is -0.423 e. The summed E-state index contributed by atoms with van der Waals surface area (Å²) in [7, 11) is 0. The van der Waals surface area contributed by atoms with Gasteiger partial charge in [-0.2, -0.15) is 0 Å². The molecule has 3 rings (SSSR count). The zero-order valence-electron chi connectivity index (χ0n) is 20.1. The molecule has 0 saturated heterocycles. The number of aliphatic hydroxyl groups is 1. The normalized spacial score (nSPS) is 12.4. The lowest BCUT2D eigenvalue weighted by Gasteiger charge is -2.32. The fourth-order valence-electron chi connectivity index (χ4n) is 4.37. The molecule has 1 unspecified atom stereocenters. The van der Waals surface area contributed by atoms with Crippen LogP contribution in [-0.4, -0.2) is 34.6 Å². The summed E-state index contributed by atoms with van der Waals surface area (Å²) in [5, 5.41) is 9.81. The maximum absolute atomic E-state index is 12.8. The van der Waals surface area contributed by atoms with Crippen molar-refractivity contribution in [1.29, 1.82) is 0 Å². The van der Waals surface area contributed by atoms with Crippen LogP contribution in [0.3, 0.4) is 0 Å². The highest BCUT2D eigenvalue weighted by atomic mass is 16.5. The lowest BCUT2D eigenvalue weighted by atomic mass is 9.86. The van der Waals surface area contributed by atoms with Crippen LogP contribution in [0, 0.1) is 0 Å². The molecule has 0 bridgehead atoms.